The van der Waals surface area contributed by atoms with Gasteiger partial charge in [0.1, 0.15) is 5.75 Å². The quantitative estimate of drug-likeness (QED) is 0.873. The molecule has 90 valence electrons. The average molecular weight is 254 g/mol. The van der Waals surface area contributed by atoms with Crippen LogP contribution in [-0.4, -0.2) is 33.9 Å². The number of benzene rings is 1. The molecule has 17 heavy (non-hydrogen) atoms. The Morgan fingerprint density at radius 2 is 2.29 bits per heavy atom. The van der Waals surface area contributed by atoms with E-state index in [-0.39, 0.29) is 0 Å². The van der Waals surface area contributed by atoms with Crippen LogP contribution in [0.25, 0.3) is 5.69 Å². The van der Waals surface area contributed by atoms with Crippen molar-refractivity contribution in [2.24, 2.45) is 5.73 Å². The molecule has 0 amide bonds. The maximum Gasteiger partial charge on any atom is 0.157 e. The molecular weight excluding hydrogens is 242 g/mol. The van der Waals surface area contributed by atoms with Gasteiger partial charge in [-0.1, -0.05) is 11.6 Å². The van der Waals surface area contributed by atoms with Gasteiger partial charge in [-0.15, -0.1) is 5.10 Å². The number of hydrogen-bond acceptors (Lipinski definition) is 5. The third-order valence-electron chi connectivity index (χ3n) is 2.28. The van der Waals surface area contributed by atoms with E-state index in [1.54, 1.807) is 23.9 Å². The second kappa shape index (κ2) is 5.11. The maximum absolute atomic E-state index is 6.04. The van der Waals surface area contributed by atoms with Crippen molar-refractivity contribution >= 4 is 11.6 Å². The van der Waals surface area contributed by atoms with Crippen molar-refractivity contribution in [1.29, 1.82) is 0 Å². The Kier molecular flexibility index (Phi) is 3.55. The fourth-order valence-electron chi connectivity index (χ4n) is 1.48. The predicted molar refractivity (Wildman–Crippen MR) is 63.5 cm³/mol. The van der Waals surface area contributed by atoms with Gasteiger partial charge in [0.15, 0.2) is 5.82 Å². The van der Waals surface area contributed by atoms with Gasteiger partial charge < -0.3 is 10.5 Å². The number of tetrazole rings is 1. The molecule has 1 heterocycles. The lowest BCUT2D eigenvalue weighted by atomic mass is 10.3. The Labute approximate surface area is 103 Å². The summed E-state index contributed by atoms with van der Waals surface area (Å²) in [5.41, 5.74) is 6.27. The first-order valence-electron chi connectivity index (χ1n) is 5.07. The lowest BCUT2D eigenvalue weighted by Crippen LogP contribution is -2.09. The van der Waals surface area contributed by atoms with Crippen LogP contribution >= 0.6 is 11.6 Å². The molecule has 0 aliphatic carbocycles. The lowest BCUT2D eigenvalue weighted by Gasteiger charge is -2.07. The zero-order valence-electron chi connectivity index (χ0n) is 9.30. The van der Waals surface area contributed by atoms with Gasteiger partial charge in [0, 0.05) is 6.42 Å². The lowest BCUT2D eigenvalue weighted by molar-refractivity contribution is 0.415. The molecule has 0 unspecified atom stereocenters. The van der Waals surface area contributed by atoms with Gasteiger partial charge in [0.05, 0.1) is 17.8 Å². The summed E-state index contributed by atoms with van der Waals surface area (Å²) in [4.78, 5) is 0. The molecule has 0 saturated heterocycles. The highest BCUT2D eigenvalue weighted by atomic mass is 35.5. The Balaban J connectivity index is 2.39. The van der Waals surface area contributed by atoms with Gasteiger partial charge in [-0.05, 0) is 35.2 Å². The number of ether oxygens (including phenoxy) is 1. The molecule has 2 rings (SSSR count). The topological polar surface area (TPSA) is 78.8 Å². The minimum atomic E-state index is 0.490. The minimum absolute atomic E-state index is 0.490. The van der Waals surface area contributed by atoms with Gasteiger partial charge in [-0.2, -0.15) is 4.68 Å². The van der Waals surface area contributed by atoms with E-state index >= 15 is 0 Å². The molecule has 0 atom stereocenters. The van der Waals surface area contributed by atoms with Crippen LogP contribution in [0, 0.1) is 0 Å². The van der Waals surface area contributed by atoms with Crippen LogP contribution in [0.1, 0.15) is 5.82 Å². The molecular formula is C10H12ClN5O. The number of nitrogens with zero attached hydrogens (tertiary/aromatic N) is 4. The number of aromatic nitrogens is 4. The third-order valence-corrected chi connectivity index (χ3v) is 2.58. The summed E-state index contributed by atoms with van der Waals surface area (Å²) in [5, 5.41) is 11.9. The van der Waals surface area contributed by atoms with Crippen LogP contribution in [0.5, 0.6) is 5.75 Å². The van der Waals surface area contributed by atoms with E-state index < -0.39 is 0 Å². The van der Waals surface area contributed by atoms with Crippen molar-refractivity contribution in [2.75, 3.05) is 13.7 Å². The van der Waals surface area contributed by atoms with Gasteiger partial charge in [-0.25, -0.2) is 0 Å². The zero-order chi connectivity index (χ0) is 12.3. The second-order valence-corrected chi connectivity index (χ2v) is 3.77. The monoisotopic (exact) mass is 253 g/mol. The van der Waals surface area contributed by atoms with Crippen LogP contribution < -0.4 is 10.5 Å². The number of methoxy groups -OCH3 is 1. The summed E-state index contributed by atoms with van der Waals surface area (Å²) < 4.78 is 6.69. The van der Waals surface area contributed by atoms with Crippen molar-refractivity contribution in [1.82, 2.24) is 20.2 Å². The standard InChI is InChI=1S/C10H12ClN5O/c1-17-9-3-2-7(6-8(9)11)16-10(4-5-12)13-14-15-16/h2-3,6H,4-5,12H2,1H3. The second-order valence-electron chi connectivity index (χ2n) is 3.36. The van der Waals surface area contributed by atoms with Crippen molar-refractivity contribution in [3.05, 3.63) is 29.0 Å². The SMILES string of the molecule is COc1ccc(-n2nnnc2CCN)cc1Cl. The van der Waals surface area contributed by atoms with Crippen molar-refractivity contribution in [2.45, 2.75) is 6.42 Å². The average Bonchev–Trinajstić information content (AvgIpc) is 2.78. The van der Waals surface area contributed by atoms with Crippen LogP contribution in [0.3, 0.4) is 0 Å². The van der Waals surface area contributed by atoms with E-state index in [1.165, 1.54) is 0 Å². The van der Waals surface area contributed by atoms with E-state index in [4.69, 9.17) is 22.1 Å². The molecule has 7 heteroatoms. The Bertz CT molecular complexity index is 513. The van der Waals surface area contributed by atoms with Crippen molar-refractivity contribution in [3.63, 3.8) is 0 Å². The largest absolute Gasteiger partial charge is 0.495 e. The number of halogens is 1. The van der Waals surface area contributed by atoms with E-state index in [0.717, 1.165) is 5.69 Å². The zero-order valence-corrected chi connectivity index (χ0v) is 10.1. The van der Waals surface area contributed by atoms with Gasteiger partial charge in [0.2, 0.25) is 0 Å². The molecule has 2 N–H and O–H groups in total. The minimum Gasteiger partial charge on any atom is -0.495 e. The smallest absolute Gasteiger partial charge is 0.157 e. The van der Waals surface area contributed by atoms with Crippen LogP contribution in [0.2, 0.25) is 5.02 Å². The fraction of sp³-hybridized carbons (Fsp3) is 0.300. The normalized spacial score (nSPS) is 10.5. The highest BCUT2D eigenvalue weighted by Crippen LogP contribution is 2.26. The molecule has 0 fully saturated rings. The number of rotatable bonds is 4. The summed E-state index contributed by atoms with van der Waals surface area (Å²) in [5.74, 6) is 1.32. The Morgan fingerprint density at radius 3 is 2.94 bits per heavy atom. The van der Waals surface area contributed by atoms with Crippen molar-refractivity contribution < 1.29 is 4.74 Å². The third kappa shape index (κ3) is 2.37. The molecule has 0 aliphatic heterocycles. The van der Waals surface area contributed by atoms with E-state index in [0.29, 0.717) is 29.6 Å². The maximum atomic E-state index is 6.04. The molecule has 2 aromatic rings. The van der Waals surface area contributed by atoms with E-state index in [1.807, 2.05) is 6.07 Å². The summed E-state index contributed by atoms with van der Waals surface area (Å²) in [6.07, 6.45) is 0.608. The Hall–Kier alpha value is -1.66. The first-order chi connectivity index (χ1) is 8.26. The summed E-state index contributed by atoms with van der Waals surface area (Å²) in [6, 6.07) is 5.35. The molecule has 1 aromatic carbocycles. The van der Waals surface area contributed by atoms with E-state index in [2.05, 4.69) is 15.5 Å². The molecule has 0 radical (unpaired) electrons. The summed E-state index contributed by atoms with van der Waals surface area (Å²) >= 11 is 6.04. The molecule has 0 spiro atoms. The highest BCUT2D eigenvalue weighted by Gasteiger charge is 2.09. The molecule has 6 nitrogen and oxygen atoms in total. The van der Waals surface area contributed by atoms with Crippen LogP contribution in [0.4, 0.5) is 0 Å². The molecule has 0 aliphatic rings. The predicted octanol–water partition coefficient (Wildman–Crippen LogP) is 0.825. The fourth-order valence-corrected chi connectivity index (χ4v) is 1.73. The molecule has 0 saturated carbocycles. The number of hydrogen-bond donors (Lipinski definition) is 1. The Morgan fingerprint density at radius 1 is 1.47 bits per heavy atom. The molecule has 0 bridgehead atoms. The summed E-state index contributed by atoms with van der Waals surface area (Å²) in [6.45, 7) is 0.490. The van der Waals surface area contributed by atoms with Crippen molar-refractivity contribution in [3.8, 4) is 11.4 Å². The highest BCUT2D eigenvalue weighted by molar-refractivity contribution is 6.32. The number of nitrogens with two attached hydrogens (primary N) is 1. The van der Waals surface area contributed by atoms with Gasteiger partial charge in [0.25, 0.3) is 0 Å². The van der Waals surface area contributed by atoms with Crippen LogP contribution in [-0.2, 0) is 6.42 Å². The van der Waals surface area contributed by atoms with Gasteiger partial charge >= 0.3 is 0 Å². The molecule has 1 aromatic heterocycles. The van der Waals surface area contributed by atoms with E-state index in [9.17, 15) is 0 Å². The van der Waals surface area contributed by atoms with Gasteiger partial charge in [-0.3, -0.25) is 0 Å². The van der Waals surface area contributed by atoms with Crippen LogP contribution in [0.15, 0.2) is 18.2 Å². The summed E-state index contributed by atoms with van der Waals surface area (Å²) in [7, 11) is 1.57. The first-order valence-corrected chi connectivity index (χ1v) is 5.45. The first kappa shape index (κ1) is 11.8.